The van der Waals surface area contributed by atoms with Crippen LogP contribution in [0.3, 0.4) is 0 Å². The number of alkyl halides is 3. The number of aromatic nitrogens is 4. The Morgan fingerprint density at radius 3 is 2.45 bits per heavy atom. The van der Waals surface area contributed by atoms with Gasteiger partial charge >= 0.3 is 6.18 Å². The van der Waals surface area contributed by atoms with E-state index in [0.717, 1.165) is 4.68 Å². The quantitative estimate of drug-likeness (QED) is 0.638. The molecular weight excluding hydrogens is 457 g/mol. The highest BCUT2D eigenvalue weighted by Crippen LogP contribution is 2.35. The van der Waals surface area contributed by atoms with Crippen LogP contribution < -0.4 is 10.6 Å². The van der Waals surface area contributed by atoms with Gasteiger partial charge in [-0.1, -0.05) is 13.8 Å². The monoisotopic (exact) mass is 478 g/mol. The van der Waals surface area contributed by atoms with E-state index in [2.05, 4.69) is 36.8 Å². The number of carbonyl (C=O) groups excluding carboxylic acids is 2. The lowest BCUT2D eigenvalue weighted by molar-refractivity contribution is -0.142. The SMILES string of the molecule is CCn1cc(NC(=O)Cn2nc(C(F)(F)F)c(Br)c2C)c(C(=O)NCC(C)C)n1. The van der Waals surface area contributed by atoms with E-state index in [4.69, 9.17) is 0 Å². The first-order valence-electron chi connectivity index (χ1n) is 8.89. The molecule has 8 nitrogen and oxygen atoms in total. The van der Waals surface area contributed by atoms with Crippen LogP contribution in [0.25, 0.3) is 0 Å². The van der Waals surface area contributed by atoms with E-state index in [1.165, 1.54) is 17.8 Å². The molecule has 2 N–H and O–H groups in total. The fourth-order valence-corrected chi connectivity index (χ4v) is 2.92. The van der Waals surface area contributed by atoms with Crippen molar-refractivity contribution in [3.8, 4) is 0 Å². The van der Waals surface area contributed by atoms with E-state index >= 15 is 0 Å². The minimum Gasteiger partial charge on any atom is -0.350 e. The van der Waals surface area contributed by atoms with Crippen LogP contribution in [0.4, 0.5) is 18.9 Å². The van der Waals surface area contributed by atoms with Gasteiger partial charge in [0.25, 0.3) is 5.91 Å². The van der Waals surface area contributed by atoms with Gasteiger partial charge in [0, 0.05) is 19.3 Å². The van der Waals surface area contributed by atoms with E-state index in [0.29, 0.717) is 13.1 Å². The zero-order valence-corrected chi connectivity index (χ0v) is 18.0. The second-order valence-electron chi connectivity index (χ2n) is 6.80. The molecule has 12 heteroatoms. The third-order valence-electron chi connectivity index (χ3n) is 3.94. The molecular formula is C17H22BrF3N6O2. The molecule has 0 aromatic carbocycles. The van der Waals surface area contributed by atoms with Gasteiger partial charge in [-0.05, 0) is 35.7 Å². The molecule has 2 amide bonds. The van der Waals surface area contributed by atoms with Crippen LogP contribution in [0.5, 0.6) is 0 Å². The molecule has 0 saturated heterocycles. The van der Waals surface area contributed by atoms with E-state index in [9.17, 15) is 22.8 Å². The molecule has 2 aromatic heterocycles. The zero-order valence-electron chi connectivity index (χ0n) is 16.4. The van der Waals surface area contributed by atoms with Crippen molar-refractivity contribution in [1.82, 2.24) is 24.9 Å². The van der Waals surface area contributed by atoms with Crippen LogP contribution in [0.1, 0.15) is 42.6 Å². The number of carbonyl (C=O) groups is 2. The normalized spacial score (nSPS) is 11.8. The standard InChI is InChI=1S/C17H22BrF3N6O2/c1-5-26-7-11(14(24-26)16(29)22-6-9(2)3)23-12(28)8-27-10(4)13(18)15(25-27)17(19,20)21/h7,9H,5-6,8H2,1-4H3,(H,22,29)(H,23,28). The molecule has 0 bridgehead atoms. The van der Waals surface area contributed by atoms with Crippen LogP contribution in [-0.4, -0.2) is 37.9 Å². The largest absolute Gasteiger partial charge is 0.436 e. The second kappa shape index (κ2) is 8.97. The Kier molecular flexibility index (Phi) is 7.09. The number of rotatable bonds is 7. The van der Waals surface area contributed by atoms with Crippen molar-refractivity contribution < 1.29 is 22.8 Å². The minimum atomic E-state index is -4.64. The number of hydrogen-bond donors (Lipinski definition) is 2. The number of aryl methyl sites for hydroxylation is 1. The van der Waals surface area contributed by atoms with Crippen molar-refractivity contribution in [3.05, 3.63) is 27.8 Å². The van der Waals surface area contributed by atoms with Gasteiger partial charge in [-0.15, -0.1) is 0 Å². The van der Waals surface area contributed by atoms with Gasteiger partial charge in [-0.25, -0.2) is 0 Å². The van der Waals surface area contributed by atoms with Crippen molar-refractivity contribution in [2.75, 3.05) is 11.9 Å². The molecule has 0 fully saturated rings. The fraction of sp³-hybridized carbons (Fsp3) is 0.529. The lowest BCUT2D eigenvalue weighted by Gasteiger charge is -2.09. The maximum absolute atomic E-state index is 13.0. The zero-order chi connectivity index (χ0) is 21.9. The molecule has 2 rings (SSSR count). The van der Waals surface area contributed by atoms with E-state index in [1.807, 2.05) is 20.8 Å². The Hall–Kier alpha value is -2.37. The predicted octanol–water partition coefficient (Wildman–Crippen LogP) is 3.21. The van der Waals surface area contributed by atoms with Crippen LogP contribution >= 0.6 is 15.9 Å². The first-order chi connectivity index (χ1) is 13.4. The highest BCUT2D eigenvalue weighted by atomic mass is 79.9. The summed E-state index contributed by atoms with van der Waals surface area (Å²) in [6.07, 6.45) is -3.15. The Labute approximate surface area is 174 Å². The molecule has 0 spiro atoms. The maximum atomic E-state index is 13.0. The number of anilines is 1. The molecule has 2 aromatic rings. The van der Waals surface area contributed by atoms with Gasteiger partial charge in [0.1, 0.15) is 6.54 Å². The maximum Gasteiger partial charge on any atom is 0.436 e. The van der Waals surface area contributed by atoms with Crippen LogP contribution in [-0.2, 0) is 24.1 Å². The Balaban J connectivity index is 2.19. The van der Waals surface area contributed by atoms with E-state index < -0.39 is 30.2 Å². The molecule has 29 heavy (non-hydrogen) atoms. The highest BCUT2D eigenvalue weighted by Gasteiger charge is 2.38. The van der Waals surface area contributed by atoms with E-state index in [-0.39, 0.29) is 27.5 Å². The molecule has 2 heterocycles. The van der Waals surface area contributed by atoms with Gasteiger partial charge in [0.15, 0.2) is 11.4 Å². The minimum absolute atomic E-state index is 0.0372. The summed E-state index contributed by atoms with van der Waals surface area (Å²) in [5, 5.41) is 12.9. The molecule has 0 radical (unpaired) electrons. The fourth-order valence-electron chi connectivity index (χ4n) is 2.41. The Bertz CT molecular complexity index is 904. The second-order valence-corrected chi connectivity index (χ2v) is 7.60. The Morgan fingerprint density at radius 1 is 1.28 bits per heavy atom. The predicted molar refractivity (Wildman–Crippen MR) is 103 cm³/mol. The number of halogens is 4. The van der Waals surface area contributed by atoms with Gasteiger partial charge < -0.3 is 10.6 Å². The third kappa shape index (κ3) is 5.58. The number of amides is 2. The molecule has 0 unspecified atom stereocenters. The summed E-state index contributed by atoms with van der Waals surface area (Å²) in [7, 11) is 0. The molecule has 0 aliphatic carbocycles. The van der Waals surface area contributed by atoms with Gasteiger partial charge in [0.05, 0.1) is 15.9 Å². The van der Waals surface area contributed by atoms with Crippen molar-refractivity contribution in [1.29, 1.82) is 0 Å². The average Bonchev–Trinajstić information content (AvgIpc) is 3.15. The number of nitrogens with one attached hydrogen (secondary N) is 2. The summed E-state index contributed by atoms with van der Waals surface area (Å²) < 4.78 is 41.1. The van der Waals surface area contributed by atoms with Crippen molar-refractivity contribution in [2.24, 2.45) is 5.92 Å². The summed E-state index contributed by atoms with van der Waals surface area (Å²) in [4.78, 5) is 24.8. The van der Waals surface area contributed by atoms with Gasteiger partial charge in [-0.3, -0.25) is 19.0 Å². The van der Waals surface area contributed by atoms with Gasteiger partial charge in [-0.2, -0.15) is 23.4 Å². The van der Waals surface area contributed by atoms with Crippen LogP contribution in [0, 0.1) is 12.8 Å². The van der Waals surface area contributed by atoms with Crippen molar-refractivity contribution in [3.63, 3.8) is 0 Å². The summed E-state index contributed by atoms with van der Waals surface area (Å²) in [5.41, 5.74) is -0.727. The first kappa shape index (κ1) is 22.9. The number of hydrogen-bond acceptors (Lipinski definition) is 4. The van der Waals surface area contributed by atoms with Crippen LogP contribution in [0.2, 0.25) is 0 Å². The topological polar surface area (TPSA) is 93.8 Å². The molecule has 0 aliphatic rings. The molecule has 0 atom stereocenters. The Morgan fingerprint density at radius 2 is 1.93 bits per heavy atom. The third-order valence-corrected chi connectivity index (χ3v) is 4.89. The van der Waals surface area contributed by atoms with Gasteiger partial charge in [0.2, 0.25) is 5.91 Å². The molecule has 160 valence electrons. The lowest BCUT2D eigenvalue weighted by atomic mass is 10.2. The van der Waals surface area contributed by atoms with Crippen molar-refractivity contribution >= 4 is 33.4 Å². The highest BCUT2D eigenvalue weighted by molar-refractivity contribution is 9.10. The smallest absolute Gasteiger partial charge is 0.350 e. The van der Waals surface area contributed by atoms with Crippen LogP contribution in [0.15, 0.2) is 10.7 Å². The summed E-state index contributed by atoms with van der Waals surface area (Å²) in [5.74, 6) is -0.849. The summed E-state index contributed by atoms with van der Waals surface area (Å²) in [6.45, 7) is 7.56. The lowest BCUT2D eigenvalue weighted by Crippen LogP contribution is -2.29. The first-order valence-corrected chi connectivity index (χ1v) is 9.68. The molecule has 0 saturated carbocycles. The summed E-state index contributed by atoms with van der Waals surface area (Å²) >= 11 is 2.86. The molecule has 0 aliphatic heterocycles. The van der Waals surface area contributed by atoms with E-state index in [1.54, 1.807) is 0 Å². The summed E-state index contributed by atoms with van der Waals surface area (Å²) in [6, 6.07) is 0. The van der Waals surface area contributed by atoms with Crippen molar-refractivity contribution in [2.45, 2.75) is 47.0 Å². The number of nitrogens with zero attached hydrogens (tertiary/aromatic N) is 4. The average molecular weight is 479 g/mol.